The molecule has 0 atom stereocenters. The molecular formula is C19H14FNO4. The van der Waals surface area contributed by atoms with Gasteiger partial charge in [0.15, 0.2) is 5.78 Å². The number of carbonyl (C=O) groups excluding carboxylic acids is 3. The van der Waals surface area contributed by atoms with Gasteiger partial charge in [0.05, 0.1) is 11.3 Å². The van der Waals surface area contributed by atoms with E-state index in [0.717, 1.165) is 17.0 Å². The number of rotatable bonds is 2. The summed E-state index contributed by atoms with van der Waals surface area (Å²) in [4.78, 5) is 37.1. The van der Waals surface area contributed by atoms with E-state index in [1.165, 1.54) is 44.2 Å². The molecule has 25 heavy (non-hydrogen) atoms. The third kappa shape index (κ3) is 2.71. The first-order valence-corrected chi connectivity index (χ1v) is 7.51. The van der Waals surface area contributed by atoms with Gasteiger partial charge in [0.2, 0.25) is 5.91 Å². The number of fused-ring (bicyclic) bond motifs is 1. The summed E-state index contributed by atoms with van der Waals surface area (Å²) >= 11 is 0. The largest absolute Gasteiger partial charge is 0.506 e. The van der Waals surface area contributed by atoms with Crippen LogP contribution in [0, 0.1) is 5.82 Å². The highest BCUT2D eigenvalue weighted by molar-refractivity contribution is 6.42. The van der Waals surface area contributed by atoms with Crippen molar-refractivity contribution in [2.75, 3.05) is 4.90 Å². The number of aliphatic hydroxyl groups is 1. The first-order chi connectivity index (χ1) is 11.8. The minimum absolute atomic E-state index is 0.0973. The molecule has 0 fully saturated rings. The second kappa shape index (κ2) is 5.98. The molecule has 3 rings (SSSR count). The van der Waals surface area contributed by atoms with Crippen molar-refractivity contribution >= 4 is 34.6 Å². The van der Waals surface area contributed by atoms with Crippen LogP contribution in [0.15, 0.2) is 42.5 Å². The third-order valence-corrected chi connectivity index (χ3v) is 4.00. The predicted octanol–water partition coefficient (Wildman–Crippen LogP) is 3.35. The van der Waals surface area contributed by atoms with Crippen molar-refractivity contribution in [3.63, 3.8) is 0 Å². The number of anilines is 1. The number of halogens is 1. The number of hydrogen-bond acceptors (Lipinski definition) is 4. The maximum atomic E-state index is 13.1. The van der Waals surface area contributed by atoms with Crippen LogP contribution in [0.5, 0.6) is 0 Å². The molecule has 0 saturated carbocycles. The van der Waals surface area contributed by atoms with E-state index in [2.05, 4.69) is 0 Å². The lowest BCUT2D eigenvalue weighted by molar-refractivity contribution is -0.122. The predicted molar refractivity (Wildman–Crippen MR) is 90.5 cm³/mol. The van der Waals surface area contributed by atoms with Gasteiger partial charge < -0.3 is 5.11 Å². The molecule has 2 amide bonds. The van der Waals surface area contributed by atoms with E-state index in [1.54, 1.807) is 0 Å². The van der Waals surface area contributed by atoms with Gasteiger partial charge in [0.25, 0.3) is 5.91 Å². The van der Waals surface area contributed by atoms with Gasteiger partial charge in [-0.15, -0.1) is 0 Å². The average Bonchev–Trinajstić information content (AvgIpc) is 2.85. The Morgan fingerprint density at radius 3 is 2.16 bits per heavy atom. The zero-order chi connectivity index (χ0) is 18.3. The second-order valence-corrected chi connectivity index (χ2v) is 5.68. The lowest BCUT2D eigenvalue weighted by Gasteiger charge is -2.12. The van der Waals surface area contributed by atoms with Gasteiger partial charge in [-0.25, -0.2) is 9.29 Å². The number of carbonyl (C=O) groups is 3. The highest BCUT2D eigenvalue weighted by atomic mass is 19.1. The average molecular weight is 339 g/mol. The van der Waals surface area contributed by atoms with E-state index in [-0.39, 0.29) is 28.2 Å². The fourth-order valence-electron chi connectivity index (χ4n) is 2.78. The molecule has 0 bridgehead atoms. The normalized spacial score (nSPS) is 15.2. The van der Waals surface area contributed by atoms with Crippen LogP contribution in [-0.4, -0.2) is 22.7 Å². The molecule has 1 aliphatic rings. The zero-order valence-electron chi connectivity index (χ0n) is 13.5. The molecule has 0 aromatic heterocycles. The summed E-state index contributed by atoms with van der Waals surface area (Å²) in [7, 11) is 0. The van der Waals surface area contributed by atoms with Crippen molar-refractivity contribution in [1.29, 1.82) is 0 Å². The van der Waals surface area contributed by atoms with Gasteiger partial charge in [-0.05, 0) is 49.4 Å². The van der Waals surface area contributed by atoms with Crippen molar-refractivity contribution in [1.82, 2.24) is 0 Å². The number of aliphatic hydroxyl groups excluding tert-OH is 1. The molecule has 126 valence electrons. The third-order valence-electron chi connectivity index (χ3n) is 4.00. The van der Waals surface area contributed by atoms with Crippen molar-refractivity contribution in [3.05, 3.63) is 65.0 Å². The van der Waals surface area contributed by atoms with E-state index < -0.39 is 17.6 Å². The fraction of sp³-hybridized carbons (Fsp3) is 0.105. The van der Waals surface area contributed by atoms with Gasteiger partial charge >= 0.3 is 0 Å². The van der Waals surface area contributed by atoms with Crippen LogP contribution in [-0.2, 0) is 9.59 Å². The molecule has 0 aliphatic carbocycles. The molecule has 1 aliphatic heterocycles. The van der Waals surface area contributed by atoms with Gasteiger partial charge in [0, 0.05) is 23.6 Å². The van der Waals surface area contributed by atoms with Crippen LogP contribution < -0.4 is 4.90 Å². The standard InChI is InChI=1S/C19H14FNO4/c1-10(22)13-5-8-16-15(9-13)17(19(25)21(16)11(2)23)18(24)12-3-6-14(20)7-4-12/h3-9,24H,1-2H3/b18-17-. The molecule has 5 nitrogen and oxygen atoms in total. The molecule has 0 saturated heterocycles. The van der Waals surface area contributed by atoms with Crippen LogP contribution >= 0.6 is 0 Å². The van der Waals surface area contributed by atoms with Gasteiger partial charge in [-0.2, -0.15) is 0 Å². The van der Waals surface area contributed by atoms with E-state index in [1.807, 2.05) is 0 Å². The highest BCUT2D eigenvalue weighted by Gasteiger charge is 2.38. The molecule has 2 aromatic rings. The Hall–Kier alpha value is -3.28. The minimum Gasteiger partial charge on any atom is -0.506 e. The molecule has 6 heteroatoms. The Morgan fingerprint density at radius 2 is 1.60 bits per heavy atom. The molecular weight excluding hydrogens is 325 g/mol. The number of hydrogen-bond donors (Lipinski definition) is 1. The highest BCUT2D eigenvalue weighted by Crippen LogP contribution is 2.40. The van der Waals surface area contributed by atoms with Crippen molar-refractivity contribution in [2.24, 2.45) is 0 Å². The SMILES string of the molecule is CC(=O)c1ccc2c(c1)/C(=C(/O)c1ccc(F)cc1)C(=O)N2C(C)=O. The zero-order valence-corrected chi connectivity index (χ0v) is 13.5. The molecule has 1 heterocycles. The van der Waals surface area contributed by atoms with E-state index >= 15 is 0 Å². The summed E-state index contributed by atoms with van der Waals surface area (Å²) in [6, 6.07) is 9.44. The summed E-state index contributed by atoms with van der Waals surface area (Å²) < 4.78 is 13.1. The van der Waals surface area contributed by atoms with Crippen LogP contribution in [0.25, 0.3) is 11.3 Å². The Morgan fingerprint density at radius 1 is 1.00 bits per heavy atom. The number of benzene rings is 2. The number of imide groups is 1. The maximum Gasteiger partial charge on any atom is 0.269 e. The maximum absolute atomic E-state index is 13.1. The summed E-state index contributed by atoms with van der Waals surface area (Å²) in [5.41, 5.74) is 1.07. The van der Waals surface area contributed by atoms with Crippen LogP contribution in [0.3, 0.4) is 0 Å². The topological polar surface area (TPSA) is 74.7 Å². The Kier molecular flexibility index (Phi) is 3.96. The van der Waals surface area contributed by atoms with Crippen LogP contribution in [0.2, 0.25) is 0 Å². The van der Waals surface area contributed by atoms with Gasteiger partial charge in [0.1, 0.15) is 11.6 Å². The fourth-order valence-corrected chi connectivity index (χ4v) is 2.78. The molecule has 2 aromatic carbocycles. The minimum atomic E-state index is -0.690. The summed E-state index contributed by atoms with van der Waals surface area (Å²) in [5.74, 6) is -2.27. The molecule has 0 spiro atoms. The van der Waals surface area contributed by atoms with Crippen molar-refractivity contribution in [2.45, 2.75) is 13.8 Å². The Labute approximate surface area is 143 Å². The van der Waals surface area contributed by atoms with E-state index in [9.17, 15) is 23.9 Å². The Balaban J connectivity index is 2.27. The number of amides is 2. The number of Topliss-reactive ketones (excluding diaryl/α,β-unsaturated/α-hetero) is 1. The second-order valence-electron chi connectivity index (χ2n) is 5.68. The van der Waals surface area contributed by atoms with E-state index in [0.29, 0.717) is 11.3 Å². The molecule has 0 radical (unpaired) electrons. The summed E-state index contributed by atoms with van der Waals surface area (Å²) in [6.45, 7) is 2.61. The summed E-state index contributed by atoms with van der Waals surface area (Å²) in [5, 5.41) is 10.6. The van der Waals surface area contributed by atoms with Gasteiger partial charge in [-0.1, -0.05) is 0 Å². The van der Waals surface area contributed by atoms with Gasteiger partial charge in [-0.3, -0.25) is 14.4 Å². The lowest BCUT2D eigenvalue weighted by atomic mass is 9.99. The lowest BCUT2D eigenvalue weighted by Crippen LogP contribution is -2.31. The smallest absolute Gasteiger partial charge is 0.269 e. The summed E-state index contributed by atoms with van der Waals surface area (Å²) in [6.07, 6.45) is 0. The van der Waals surface area contributed by atoms with Crippen molar-refractivity contribution in [3.8, 4) is 0 Å². The van der Waals surface area contributed by atoms with E-state index in [4.69, 9.17) is 0 Å². The monoisotopic (exact) mass is 339 g/mol. The van der Waals surface area contributed by atoms with Crippen LogP contribution in [0.1, 0.15) is 35.3 Å². The van der Waals surface area contributed by atoms with Crippen molar-refractivity contribution < 1.29 is 23.9 Å². The molecule has 0 unspecified atom stereocenters. The number of nitrogens with zero attached hydrogens (tertiary/aromatic N) is 1. The number of ketones is 1. The van der Waals surface area contributed by atoms with Crippen LogP contribution in [0.4, 0.5) is 10.1 Å². The quantitative estimate of drug-likeness (QED) is 0.517. The Bertz CT molecular complexity index is 944. The first kappa shape index (κ1) is 16.6. The first-order valence-electron chi connectivity index (χ1n) is 7.51. The molecule has 1 N–H and O–H groups in total.